The number of nitrogens with zero attached hydrogens (tertiary/aromatic N) is 1. The smallest absolute Gasteiger partial charge is 0.224 e. The first kappa shape index (κ1) is 17.0. The van der Waals surface area contributed by atoms with Crippen molar-refractivity contribution in [1.82, 2.24) is 9.97 Å². The van der Waals surface area contributed by atoms with Gasteiger partial charge >= 0.3 is 0 Å². The highest BCUT2D eigenvalue weighted by atomic mass is 19.1. The molecule has 0 saturated carbocycles. The third-order valence-corrected chi connectivity index (χ3v) is 3.82. The number of rotatable bonds is 5. The third-order valence-electron chi connectivity index (χ3n) is 3.82. The van der Waals surface area contributed by atoms with E-state index >= 15 is 0 Å². The van der Waals surface area contributed by atoms with E-state index in [4.69, 9.17) is 0 Å². The van der Waals surface area contributed by atoms with Crippen LogP contribution in [-0.2, 0) is 11.2 Å². The van der Waals surface area contributed by atoms with Gasteiger partial charge in [0.15, 0.2) is 0 Å². The first-order valence-electron chi connectivity index (χ1n) is 7.84. The Morgan fingerprint density at radius 1 is 1.28 bits per heavy atom. The summed E-state index contributed by atoms with van der Waals surface area (Å²) in [4.78, 5) is 19.3. The Balaban J connectivity index is 1.65. The summed E-state index contributed by atoms with van der Waals surface area (Å²) in [7, 11) is 0. The first-order valence-corrected chi connectivity index (χ1v) is 7.84. The lowest BCUT2D eigenvalue weighted by molar-refractivity contribution is -0.116. The summed E-state index contributed by atoms with van der Waals surface area (Å²) in [5.74, 6) is -1.13. The molecule has 1 heterocycles. The van der Waals surface area contributed by atoms with Crippen LogP contribution < -0.4 is 5.32 Å². The van der Waals surface area contributed by atoms with Crippen molar-refractivity contribution in [3.63, 3.8) is 0 Å². The molecule has 0 spiro atoms. The number of aliphatic hydroxyl groups excluding tert-OH is 1. The fraction of sp³-hybridized carbons (Fsp3) is 0.222. The van der Waals surface area contributed by atoms with Gasteiger partial charge in [-0.15, -0.1) is 0 Å². The summed E-state index contributed by atoms with van der Waals surface area (Å²) in [5, 5.41) is 12.3. The number of fused-ring (bicyclic) bond motifs is 1. The fourth-order valence-electron chi connectivity index (χ4n) is 2.50. The maximum absolute atomic E-state index is 13.6. The molecule has 3 rings (SSSR count). The highest BCUT2D eigenvalue weighted by Gasteiger charge is 2.10. The number of nitrogens with one attached hydrogen (secondary N) is 2. The lowest BCUT2D eigenvalue weighted by Gasteiger charge is -2.06. The van der Waals surface area contributed by atoms with Crippen LogP contribution >= 0.6 is 0 Å². The van der Waals surface area contributed by atoms with Crippen LogP contribution in [0.5, 0.6) is 0 Å². The van der Waals surface area contributed by atoms with Gasteiger partial charge in [-0.25, -0.2) is 13.8 Å². The Hall–Kier alpha value is -2.80. The highest BCUT2D eigenvalue weighted by Crippen LogP contribution is 2.20. The average Bonchev–Trinajstić information content (AvgIpc) is 2.97. The Kier molecular flexibility index (Phi) is 4.76. The molecule has 0 aliphatic rings. The van der Waals surface area contributed by atoms with Crippen molar-refractivity contribution in [2.45, 2.75) is 25.9 Å². The van der Waals surface area contributed by atoms with Crippen LogP contribution in [0.2, 0.25) is 0 Å². The third kappa shape index (κ3) is 4.00. The maximum atomic E-state index is 13.6. The molecular weight excluding hydrogens is 328 g/mol. The lowest BCUT2D eigenvalue weighted by Crippen LogP contribution is -2.12. The van der Waals surface area contributed by atoms with E-state index in [1.165, 1.54) is 12.1 Å². The van der Waals surface area contributed by atoms with Gasteiger partial charge in [-0.3, -0.25) is 4.79 Å². The number of H-pyrrole nitrogens is 1. The Labute approximate surface area is 142 Å². The first-order chi connectivity index (χ1) is 11.9. The van der Waals surface area contributed by atoms with Crippen LogP contribution in [0.4, 0.5) is 14.5 Å². The van der Waals surface area contributed by atoms with Crippen LogP contribution in [-0.4, -0.2) is 21.0 Å². The molecule has 25 heavy (non-hydrogen) atoms. The second-order valence-corrected chi connectivity index (χ2v) is 5.81. The van der Waals surface area contributed by atoms with Crippen LogP contribution in [0.3, 0.4) is 0 Å². The van der Waals surface area contributed by atoms with E-state index < -0.39 is 17.7 Å². The van der Waals surface area contributed by atoms with Gasteiger partial charge in [-0.1, -0.05) is 6.07 Å². The summed E-state index contributed by atoms with van der Waals surface area (Å²) < 4.78 is 26.4. The number of amides is 1. The molecule has 0 radical (unpaired) electrons. The van der Waals surface area contributed by atoms with E-state index in [-0.39, 0.29) is 18.7 Å². The summed E-state index contributed by atoms with van der Waals surface area (Å²) in [6, 6.07) is 8.45. The van der Waals surface area contributed by atoms with E-state index in [1.807, 2.05) is 0 Å². The molecule has 3 N–H and O–H groups in total. The summed E-state index contributed by atoms with van der Waals surface area (Å²) in [6.07, 6.45) is -0.463. The highest BCUT2D eigenvalue weighted by molar-refractivity contribution is 5.93. The van der Waals surface area contributed by atoms with E-state index in [0.717, 1.165) is 6.07 Å². The summed E-state index contributed by atoms with van der Waals surface area (Å²) in [6.45, 7) is 1.61. The minimum Gasteiger partial charge on any atom is -0.385 e. The minimum absolute atomic E-state index is 0.0719. The van der Waals surface area contributed by atoms with Gasteiger partial charge in [-0.2, -0.15) is 0 Å². The van der Waals surface area contributed by atoms with Crippen molar-refractivity contribution in [3.05, 3.63) is 59.4 Å². The zero-order valence-corrected chi connectivity index (χ0v) is 13.5. The number of aryl methyl sites for hydroxylation is 1. The zero-order valence-electron chi connectivity index (χ0n) is 13.5. The quantitative estimate of drug-likeness (QED) is 0.663. The molecule has 7 heteroatoms. The number of carbonyl (C=O) groups excluding carboxylic acids is 1. The summed E-state index contributed by atoms with van der Waals surface area (Å²) >= 11 is 0. The Bertz CT molecular complexity index is 922. The number of carbonyl (C=O) groups is 1. The van der Waals surface area contributed by atoms with Crippen LogP contribution in [0.25, 0.3) is 11.0 Å². The van der Waals surface area contributed by atoms with Crippen molar-refractivity contribution in [2.24, 2.45) is 0 Å². The van der Waals surface area contributed by atoms with E-state index in [0.29, 0.717) is 28.1 Å². The number of hydrogen-bond acceptors (Lipinski definition) is 3. The molecule has 0 aliphatic heterocycles. The number of benzene rings is 2. The number of aromatic nitrogens is 2. The number of anilines is 1. The number of halogens is 2. The van der Waals surface area contributed by atoms with Gasteiger partial charge in [0.2, 0.25) is 5.91 Å². The monoisotopic (exact) mass is 345 g/mol. The lowest BCUT2D eigenvalue weighted by atomic mass is 10.1. The maximum Gasteiger partial charge on any atom is 0.224 e. The zero-order chi connectivity index (χ0) is 18.0. The molecule has 130 valence electrons. The number of aromatic amines is 1. The molecule has 5 nitrogen and oxygen atoms in total. The normalized spacial score (nSPS) is 12.3. The van der Waals surface area contributed by atoms with E-state index in [9.17, 15) is 18.7 Å². The van der Waals surface area contributed by atoms with Crippen molar-refractivity contribution >= 4 is 22.6 Å². The topological polar surface area (TPSA) is 78.0 Å². The van der Waals surface area contributed by atoms with Crippen molar-refractivity contribution in [2.75, 3.05) is 5.32 Å². The van der Waals surface area contributed by atoms with Crippen LogP contribution in [0.1, 0.15) is 30.8 Å². The van der Waals surface area contributed by atoms with Crippen molar-refractivity contribution in [3.8, 4) is 0 Å². The Morgan fingerprint density at radius 2 is 2.08 bits per heavy atom. The van der Waals surface area contributed by atoms with Gasteiger partial charge in [0, 0.05) is 18.2 Å². The van der Waals surface area contributed by atoms with E-state index in [2.05, 4.69) is 15.3 Å². The van der Waals surface area contributed by atoms with Crippen LogP contribution in [0.15, 0.2) is 36.4 Å². The predicted molar refractivity (Wildman–Crippen MR) is 90.0 cm³/mol. The van der Waals surface area contributed by atoms with Gasteiger partial charge in [-0.05, 0) is 43.2 Å². The summed E-state index contributed by atoms with van der Waals surface area (Å²) in [5.41, 5.74) is 2.24. The molecule has 1 atom stereocenters. The largest absolute Gasteiger partial charge is 0.385 e. The molecule has 1 amide bonds. The predicted octanol–water partition coefficient (Wildman–Crippen LogP) is 3.47. The molecular formula is C18H17F2N3O2. The van der Waals surface area contributed by atoms with Gasteiger partial charge < -0.3 is 15.4 Å². The van der Waals surface area contributed by atoms with Gasteiger partial charge in [0.25, 0.3) is 0 Å². The molecule has 0 bridgehead atoms. The number of aliphatic hydroxyl groups is 1. The fourth-order valence-corrected chi connectivity index (χ4v) is 2.50. The second kappa shape index (κ2) is 6.98. The second-order valence-electron chi connectivity index (χ2n) is 5.81. The molecule has 0 saturated heterocycles. The molecule has 1 aromatic heterocycles. The molecule has 0 aliphatic carbocycles. The van der Waals surface area contributed by atoms with Crippen molar-refractivity contribution < 1.29 is 18.7 Å². The minimum atomic E-state index is -0.712. The number of hydrogen-bond donors (Lipinski definition) is 3. The SMILES string of the molecule is CC(O)c1nc2ccc(NC(=O)CCc3ccc(F)cc3F)cc2[nH]1. The average molecular weight is 345 g/mol. The molecule has 0 fully saturated rings. The molecule has 2 aromatic carbocycles. The van der Waals surface area contributed by atoms with Gasteiger partial charge in [0.05, 0.1) is 11.0 Å². The molecule has 3 aromatic rings. The van der Waals surface area contributed by atoms with Crippen molar-refractivity contribution in [1.29, 1.82) is 0 Å². The molecule has 1 unspecified atom stereocenters. The Morgan fingerprint density at radius 3 is 2.80 bits per heavy atom. The standard InChI is InChI=1S/C18H17F2N3O2/c1-10(24)18-22-15-6-5-13(9-16(15)23-18)21-17(25)7-3-11-2-4-12(19)8-14(11)20/h2,4-6,8-10,24H,3,7H2,1H3,(H,21,25)(H,22,23). The number of imidazole rings is 1. The van der Waals surface area contributed by atoms with E-state index in [1.54, 1.807) is 25.1 Å². The van der Waals surface area contributed by atoms with Gasteiger partial charge in [0.1, 0.15) is 23.6 Å². The van der Waals surface area contributed by atoms with Crippen LogP contribution in [0, 0.1) is 11.6 Å².